The molecule has 8 heteroatoms. The van der Waals surface area contributed by atoms with Crippen LogP contribution >= 0.6 is 0 Å². The second kappa shape index (κ2) is 8.74. The number of nitrogens with zero attached hydrogens (tertiary/aromatic N) is 3. The van der Waals surface area contributed by atoms with Crippen molar-refractivity contribution < 1.29 is 24.1 Å². The first-order chi connectivity index (χ1) is 16.5. The Morgan fingerprint density at radius 3 is 2.74 bits per heavy atom. The van der Waals surface area contributed by atoms with Gasteiger partial charge in [-0.05, 0) is 39.0 Å². The van der Waals surface area contributed by atoms with Crippen LogP contribution in [0.2, 0.25) is 0 Å². The van der Waals surface area contributed by atoms with Crippen LogP contribution in [0.1, 0.15) is 55.8 Å². The molecule has 0 unspecified atom stereocenters. The number of likely N-dealkylation sites (tertiary alicyclic amines) is 1. The fourth-order valence-electron chi connectivity index (χ4n) is 5.17. The second-order valence-electron chi connectivity index (χ2n) is 8.97. The molecule has 3 heterocycles. The van der Waals surface area contributed by atoms with E-state index in [4.69, 9.17) is 19.3 Å². The van der Waals surface area contributed by atoms with Crippen molar-refractivity contribution in [1.82, 2.24) is 9.91 Å². The molecule has 1 atom stereocenters. The summed E-state index contributed by atoms with van der Waals surface area (Å²) in [7, 11) is 0. The number of piperidine rings is 1. The predicted molar refractivity (Wildman–Crippen MR) is 127 cm³/mol. The number of carbonyl (C=O) groups excluding carboxylic acids is 1. The predicted octanol–water partition coefficient (Wildman–Crippen LogP) is 4.59. The van der Waals surface area contributed by atoms with E-state index in [1.807, 2.05) is 45.0 Å². The highest BCUT2D eigenvalue weighted by atomic mass is 16.6. The maximum Gasteiger partial charge on any atom is 0.409 e. The van der Waals surface area contributed by atoms with Crippen LogP contribution in [0.4, 0.5) is 4.79 Å². The maximum absolute atomic E-state index is 12.3. The molecule has 1 fully saturated rings. The van der Waals surface area contributed by atoms with Gasteiger partial charge in [0.05, 0.1) is 25.0 Å². The molecule has 8 nitrogen and oxygen atoms in total. The lowest BCUT2D eigenvalue weighted by Crippen LogP contribution is -2.59. The van der Waals surface area contributed by atoms with Gasteiger partial charge in [-0.2, -0.15) is 5.10 Å². The molecule has 1 saturated heterocycles. The van der Waals surface area contributed by atoms with E-state index < -0.39 is 5.72 Å². The van der Waals surface area contributed by atoms with E-state index in [1.165, 1.54) is 0 Å². The molecule has 0 aromatic heterocycles. The smallest absolute Gasteiger partial charge is 0.409 e. The summed E-state index contributed by atoms with van der Waals surface area (Å²) in [4.78, 5) is 14.0. The molecule has 180 valence electrons. The molecule has 2 aromatic rings. The number of aromatic hydroxyl groups is 1. The molecule has 34 heavy (non-hydrogen) atoms. The Kier molecular flexibility index (Phi) is 5.75. The van der Waals surface area contributed by atoms with E-state index in [2.05, 4.69) is 11.1 Å². The minimum absolute atomic E-state index is 0.0480. The molecule has 1 spiro atoms. The van der Waals surface area contributed by atoms with Gasteiger partial charge in [-0.1, -0.05) is 23.8 Å². The number of ether oxygens (including phenoxy) is 3. The van der Waals surface area contributed by atoms with E-state index >= 15 is 0 Å². The van der Waals surface area contributed by atoms with Crippen LogP contribution in [0, 0.1) is 6.92 Å². The number of phenolic OH excluding ortho intramolecular Hbond substituents is 1. The molecular formula is C26H31N3O5. The highest BCUT2D eigenvalue weighted by Crippen LogP contribution is 2.53. The van der Waals surface area contributed by atoms with Crippen LogP contribution < -0.4 is 9.47 Å². The molecule has 5 rings (SSSR count). The first-order valence-electron chi connectivity index (χ1n) is 12.0. The number of hydrogen-bond acceptors (Lipinski definition) is 7. The summed E-state index contributed by atoms with van der Waals surface area (Å²) in [6.07, 6.45) is 1.51. The largest absolute Gasteiger partial charge is 0.507 e. The number of benzene rings is 2. The zero-order valence-electron chi connectivity index (χ0n) is 19.9. The van der Waals surface area contributed by atoms with Crippen molar-refractivity contribution in [3.8, 4) is 17.2 Å². The van der Waals surface area contributed by atoms with E-state index in [0.717, 1.165) is 33.9 Å². The monoisotopic (exact) mass is 465 g/mol. The van der Waals surface area contributed by atoms with Crippen molar-refractivity contribution in [2.24, 2.45) is 5.10 Å². The maximum atomic E-state index is 12.3. The Morgan fingerprint density at radius 1 is 1.21 bits per heavy atom. The second-order valence-corrected chi connectivity index (χ2v) is 8.97. The number of aryl methyl sites for hydroxylation is 1. The number of carbonyl (C=O) groups is 1. The average molecular weight is 466 g/mol. The van der Waals surface area contributed by atoms with Gasteiger partial charge in [0.15, 0.2) is 11.5 Å². The van der Waals surface area contributed by atoms with E-state index in [-0.39, 0.29) is 17.9 Å². The van der Waals surface area contributed by atoms with Gasteiger partial charge in [0.2, 0.25) is 5.72 Å². The number of rotatable bonds is 4. The fraction of sp³-hybridized carbons (Fsp3) is 0.462. The van der Waals surface area contributed by atoms with Crippen molar-refractivity contribution in [2.75, 3.05) is 26.3 Å². The minimum atomic E-state index is -0.713. The number of amides is 1. The van der Waals surface area contributed by atoms with Gasteiger partial charge in [-0.3, -0.25) is 0 Å². The summed E-state index contributed by atoms with van der Waals surface area (Å²) in [5.74, 6) is 1.69. The van der Waals surface area contributed by atoms with Gasteiger partial charge in [-0.15, -0.1) is 0 Å². The van der Waals surface area contributed by atoms with Gasteiger partial charge < -0.3 is 24.2 Å². The van der Waals surface area contributed by atoms with Gasteiger partial charge in [0, 0.05) is 43.5 Å². The molecule has 2 aromatic carbocycles. The van der Waals surface area contributed by atoms with Crippen LogP contribution in [0.15, 0.2) is 41.5 Å². The highest BCUT2D eigenvalue weighted by Gasteiger charge is 2.53. The first kappa shape index (κ1) is 22.4. The Morgan fingerprint density at radius 2 is 2.00 bits per heavy atom. The minimum Gasteiger partial charge on any atom is -0.507 e. The topological polar surface area (TPSA) is 83.8 Å². The Bertz CT molecular complexity index is 1120. The fourth-order valence-corrected chi connectivity index (χ4v) is 5.17. The summed E-state index contributed by atoms with van der Waals surface area (Å²) in [5.41, 5.74) is 2.95. The number of hydrogen-bond donors (Lipinski definition) is 1. The van der Waals surface area contributed by atoms with Crippen LogP contribution in [0.3, 0.4) is 0 Å². The van der Waals surface area contributed by atoms with Crippen molar-refractivity contribution in [3.63, 3.8) is 0 Å². The quantitative estimate of drug-likeness (QED) is 0.711. The van der Waals surface area contributed by atoms with Crippen molar-refractivity contribution in [1.29, 1.82) is 0 Å². The van der Waals surface area contributed by atoms with Gasteiger partial charge in [0.1, 0.15) is 5.75 Å². The average Bonchev–Trinajstić information content (AvgIpc) is 3.29. The SMILES string of the molecule is CCOC(=O)N1CCC2(CC1)Oc1c(OCC)cccc1[C@@H]1CC(c3cc(C)ccc3O)=NN12. The summed E-state index contributed by atoms with van der Waals surface area (Å²) >= 11 is 0. The van der Waals surface area contributed by atoms with Gasteiger partial charge in [0.25, 0.3) is 0 Å². The van der Waals surface area contributed by atoms with Crippen molar-refractivity contribution in [2.45, 2.75) is 51.8 Å². The van der Waals surface area contributed by atoms with Crippen LogP contribution in [-0.2, 0) is 4.74 Å². The molecule has 0 aliphatic carbocycles. The third kappa shape index (κ3) is 3.71. The molecule has 0 bridgehead atoms. The molecular weight excluding hydrogens is 434 g/mol. The molecule has 0 radical (unpaired) electrons. The van der Waals surface area contributed by atoms with Crippen LogP contribution in [0.25, 0.3) is 0 Å². The molecule has 3 aliphatic heterocycles. The normalized spacial score (nSPS) is 20.3. The van der Waals surface area contributed by atoms with Crippen molar-refractivity contribution >= 4 is 11.8 Å². The number of phenols is 1. The lowest BCUT2D eigenvalue weighted by Gasteiger charge is -2.51. The summed E-state index contributed by atoms with van der Waals surface area (Å²) in [6.45, 7) is 7.68. The lowest BCUT2D eigenvalue weighted by molar-refractivity contribution is -0.148. The van der Waals surface area contributed by atoms with Crippen LogP contribution in [0.5, 0.6) is 17.2 Å². The standard InChI is InChI=1S/C26H31N3O5/c1-4-32-23-8-6-7-18-21-16-20(19-15-17(3)9-10-22(19)30)27-29(21)26(34-24(18)23)11-13-28(14-12-26)25(31)33-5-2/h6-10,15,21,30H,4-5,11-14,16H2,1-3H3/t21-/m0/s1. The molecule has 1 amide bonds. The number of hydrazone groups is 1. The van der Waals surface area contributed by atoms with E-state index in [0.29, 0.717) is 45.6 Å². The van der Waals surface area contributed by atoms with Crippen LogP contribution in [-0.4, -0.2) is 58.8 Å². The number of fused-ring (bicyclic) bond motifs is 4. The van der Waals surface area contributed by atoms with Crippen molar-refractivity contribution in [3.05, 3.63) is 53.1 Å². The van der Waals surface area contributed by atoms with E-state index in [1.54, 1.807) is 11.0 Å². The zero-order chi connectivity index (χ0) is 23.9. The third-order valence-electron chi connectivity index (χ3n) is 6.82. The summed E-state index contributed by atoms with van der Waals surface area (Å²) < 4.78 is 17.9. The Hall–Kier alpha value is -3.42. The summed E-state index contributed by atoms with van der Waals surface area (Å²) in [6, 6.07) is 11.5. The number of para-hydroxylation sites is 1. The van der Waals surface area contributed by atoms with Gasteiger partial charge in [-0.25, -0.2) is 9.80 Å². The highest BCUT2D eigenvalue weighted by molar-refractivity contribution is 6.04. The summed E-state index contributed by atoms with van der Waals surface area (Å²) in [5, 5.41) is 17.7. The van der Waals surface area contributed by atoms with E-state index in [9.17, 15) is 9.90 Å². The zero-order valence-corrected chi connectivity index (χ0v) is 19.9. The Balaban J connectivity index is 1.54. The molecule has 3 aliphatic rings. The lowest BCUT2D eigenvalue weighted by atomic mass is 9.90. The molecule has 1 N–H and O–H groups in total. The third-order valence-corrected chi connectivity index (χ3v) is 6.82. The van der Waals surface area contributed by atoms with Gasteiger partial charge >= 0.3 is 6.09 Å². The Labute approximate surface area is 199 Å². The first-order valence-corrected chi connectivity index (χ1v) is 12.0. The molecule has 0 saturated carbocycles.